The van der Waals surface area contributed by atoms with Crippen molar-refractivity contribution < 1.29 is 8.42 Å². The molecule has 4 nitrogen and oxygen atoms in total. The van der Waals surface area contributed by atoms with Crippen molar-refractivity contribution in [1.29, 1.82) is 0 Å². The monoisotopic (exact) mass is 340 g/mol. The van der Waals surface area contributed by atoms with Crippen molar-refractivity contribution in [3.05, 3.63) is 58.6 Å². The molecule has 2 aromatic rings. The van der Waals surface area contributed by atoms with E-state index in [2.05, 4.69) is 20.7 Å². The van der Waals surface area contributed by atoms with Crippen LogP contribution in [0.2, 0.25) is 0 Å². The summed E-state index contributed by atoms with van der Waals surface area (Å²) in [6.07, 6.45) is 0. The maximum atomic E-state index is 12.2. The Kier molecular flexibility index (Phi) is 4.24. The van der Waals surface area contributed by atoms with Gasteiger partial charge in [-0.15, -0.1) is 0 Å². The zero-order chi connectivity index (χ0) is 13.9. The van der Waals surface area contributed by atoms with Gasteiger partial charge in [-0.3, -0.25) is 4.72 Å². The molecule has 2 rings (SSSR count). The molecule has 0 saturated heterocycles. The molecule has 0 aliphatic heterocycles. The predicted octanol–water partition coefficient (Wildman–Crippen LogP) is 2.71. The van der Waals surface area contributed by atoms with E-state index in [0.29, 0.717) is 16.7 Å². The lowest BCUT2D eigenvalue weighted by atomic mass is 10.2. The standard InChI is InChI=1S/C13H13BrN2O2S/c14-12-6-1-2-7-13(12)19(17,18)16-11-5-3-4-10(8-11)9-15/h1-8,16H,9,15H2. The molecule has 0 fully saturated rings. The molecule has 0 radical (unpaired) electrons. The maximum absolute atomic E-state index is 12.2. The number of rotatable bonds is 4. The molecule has 6 heteroatoms. The number of nitrogens with two attached hydrogens (primary N) is 1. The van der Waals surface area contributed by atoms with Gasteiger partial charge >= 0.3 is 0 Å². The second-order valence-corrected chi connectivity index (χ2v) is 6.45. The third-order valence-corrected chi connectivity index (χ3v) is 4.93. The minimum atomic E-state index is -3.61. The topological polar surface area (TPSA) is 72.2 Å². The zero-order valence-corrected chi connectivity index (χ0v) is 12.4. The van der Waals surface area contributed by atoms with Gasteiger partial charge in [-0.2, -0.15) is 0 Å². The first kappa shape index (κ1) is 14.0. The lowest BCUT2D eigenvalue weighted by Gasteiger charge is -2.10. The minimum Gasteiger partial charge on any atom is -0.326 e. The third kappa shape index (κ3) is 3.34. The fourth-order valence-electron chi connectivity index (χ4n) is 1.63. The van der Waals surface area contributed by atoms with Gasteiger partial charge in [-0.25, -0.2) is 8.42 Å². The van der Waals surface area contributed by atoms with E-state index < -0.39 is 10.0 Å². The summed E-state index contributed by atoms with van der Waals surface area (Å²) in [5.41, 5.74) is 6.90. The average molecular weight is 341 g/mol. The molecule has 0 amide bonds. The van der Waals surface area contributed by atoms with Crippen LogP contribution in [0.4, 0.5) is 5.69 Å². The van der Waals surface area contributed by atoms with E-state index in [0.717, 1.165) is 5.56 Å². The van der Waals surface area contributed by atoms with Crippen LogP contribution in [0.1, 0.15) is 5.56 Å². The third-order valence-electron chi connectivity index (χ3n) is 2.54. The highest BCUT2D eigenvalue weighted by Crippen LogP contribution is 2.24. The van der Waals surface area contributed by atoms with Crippen LogP contribution in [-0.2, 0) is 16.6 Å². The molecule has 0 aliphatic rings. The number of nitrogens with one attached hydrogen (secondary N) is 1. The maximum Gasteiger partial charge on any atom is 0.263 e. The van der Waals surface area contributed by atoms with E-state index in [1.807, 2.05) is 6.07 Å². The second-order valence-electron chi connectivity index (χ2n) is 3.94. The quantitative estimate of drug-likeness (QED) is 0.898. The molecule has 0 bridgehead atoms. The van der Waals surface area contributed by atoms with Gasteiger partial charge in [0.2, 0.25) is 0 Å². The number of halogens is 1. The Hall–Kier alpha value is -1.37. The largest absolute Gasteiger partial charge is 0.326 e. The first-order valence-corrected chi connectivity index (χ1v) is 7.87. The molecule has 0 saturated carbocycles. The molecule has 100 valence electrons. The summed E-state index contributed by atoms with van der Waals surface area (Å²) in [6.45, 7) is 0.366. The summed E-state index contributed by atoms with van der Waals surface area (Å²) in [6, 6.07) is 13.7. The van der Waals surface area contributed by atoms with Crippen LogP contribution in [0, 0.1) is 0 Å². The van der Waals surface area contributed by atoms with Crippen molar-refractivity contribution in [1.82, 2.24) is 0 Å². The summed E-state index contributed by atoms with van der Waals surface area (Å²) >= 11 is 3.23. The van der Waals surface area contributed by atoms with Crippen LogP contribution in [0.3, 0.4) is 0 Å². The summed E-state index contributed by atoms with van der Waals surface area (Å²) in [4.78, 5) is 0.202. The van der Waals surface area contributed by atoms with Crippen LogP contribution in [0.5, 0.6) is 0 Å². The Morgan fingerprint density at radius 1 is 1.11 bits per heavy atom. The van der Waals surface area contributed by atoms with E-state index >= 15 is 0 Å². The van der Waals surface area contributed by atoms with E-state index in [4.69, 9.17) is 5.73 Å². The van der Waals surface area contributed by atoms with Crippen LogP contribution in [0.25, 0.3) is 0 Å². The summed E-state index contributed by atoms with van der Waals surface area (Å²) in [5, 5.41) is 0. The highest BCUT2D eigenvalue weighted by Gasteiger charge is 2.17. The lowest BCUT2D eigenvalue weighted by Crippen LogP contribution is -2.13. The van der Waals surface area contributed by atoms with E-state index in [-0.39, 0.29) is 4.90 Å². The van der Waals surface area contributed by atoms with Crippen molar-refractivity contribution in [3.8, 4) is 0 Å². The lowest BCUT2D eigenvalue weighted by molar-refractivity contribution is 0.601. The summed E-state index contributed by atoms with van der Waals surface area (Å²) in [5.74, 6) is 0. The highest BCUT2D eigenvalue weighted by atomic mass is 79.9. The molecule has 0 spiro atoms. The number of hydrogen-bond acceptors (Lipinski definition) is 3. The van der Waals surface area contributed by atoms with Gasteiger partial charge in [0.05, 0.1) is 0 Å². The van der Waals surface area contributed by atoms with Crippen LogP contribution in [-0.4, -0.2) is 8.42 Å². The SMILES string of the molecule is NCc1cccc(NS(=O)(=O)c2ccccc2Br)c1. The molecule has 0 aromatic heterocycles. The number of sulfonamides is 1. The van der Waals surface area contributed by atoms with Gasteiger partial charge in [-0.05, 0) is 45.8 Å². The number of anilines is 1. The minimum absolute atomic E-state index is 0.202. The van der Waals surface area contributed by atoms with E-state index in [1.165, 1.54) is 0 Å². The molecule has 3 N–H and O–H groups in total. The smallest absolute Gasteiger partial charge is 0.263 e. The van der Waals surface area contributed by atoms with E-state index in [1.54, 1.807) is 42.5 Å². The Labute approximate surface area is 120 Å². The van der Waals surface area contributed by atoms with Gasteiger partial charge in [0.25, 0.3) is 10.0 Å². The van der Waals surface area contributed by atoms with Gasteiger partial charge in [0.15, 0.2) is 0 Å². The summed E-state index contributed by atoms with van der Waals surface area (Å²) < 4.78 is 27.6. The molecule has 0 atom stereocenters. The van der Waals surface area contributed by atoms with Gasteiger partial charge in [0, 0.05) is 16.7 Å². The number of benzene rings is 2. The normalized spacial score (nSPS) is 11.3. The first-order chi connectivity index (χ1) is 9.03. The fourth-order valence-corrected chi connectivity index (χ4v) is 3.69. The zero-order valence-electron chi connectivity index (χ0n) is 10.0. The van der Waals surface area contributed by atoms with Crippen molar-refractivity contribution in [2.75, 3.05) is 4.72 Å². The molecule has 2 aromatic carbocycles. The van der Waals surface area contributed by atoms with Crippen LogP contribution in [0.15, 0.2) is 57.9 Å². The Morgan fingerprint density at radius 2 is 1.84 bits per heavy atom. The fraction of sp³-hybridized carbons (Fsp3) is 0.0769. The molecular weight excluding hydrogens is 328 g/mol. The van der Waals surface area contributed by atoms with E-state index in [9.17, 15) is 8.42 Å². The van der Waals surface area contributed by atoms with Gasteiger partial charge in [-0.1, -0.05) is 24.3 Å². The molecule has 0 heterocycles. The Balaban J connectivity index is 2.34. The van der Waals surface area contributed by atoms with Crippen molar-refractivity contribution >= 4 is 31.6 Å². The van der Waals surface area contributed by atoms with Gasteiger partial charge < -0.3 is 5.73 Å². The average Bonchev–Trinajstić information content (AvgIpc) is 2.38. The predicted molar refractivity (Wildman–Crippen MR) is 79.3 cm³/mol. The van der Waals surface area contributed by atoms with Gasteiger partial charge in [0.1, 0.15) is 4.90 Å². The highest BCUT2D eigenvalue weighted by molar-refractivity contribution is 9.10. The molecule has 0 unspecified atom stereocenters. The number of hydrogen-bond donors (Lipinski definition) is 2. The Bertz CT molecular complexity index is 687. The molecular formula is C13H13BrN2O2S. The van der Waals surface area contributed by atoms with Crippen LogP contribution < -0.4 is 10.5 Å². The summed E-state index contributed by atoms with van der Waals surface area (Å²) in [7, 11) is -3.61. The first-order valence-electron chi connectivity index (χ1n) is 5.59. The van der Waals surface area contributed by atoms with Crippen molar-refractivity contribution in [2.45, 2.75) is 11.4 Å². The van der Waals surface area contributed by atoms with Crippen molar-refractivity contribution in [3.63, 3.8) is 0 Å². The Morgan fingerprint density at radius 3 is 2.53 bits per heavy atom. The van der Waals surface area contributed by atoms with Crippen molar-refractivity contribution in [2.24, 2.45) is 5.73 Å². The molecule has 0 aliphatic carbocycles. The van der Waals surface area contributed by atoms with Crippen LogP contribution >= 0.6 is 15.9 Å². The molecule has 19 heavy (non-hydrogen) atoms. The second kappa shape index (κ2) is 5.73.